The summed E-state index contributed by atoms with van der Waals surface area (Å²) in [6.45, 7) is 0. The minimum absolute atomic E-state index is 0.0119. The van der Waals surface area contributed by atoms with Gasteiger partial charge >= 0.3 is 5.97 Å². The van der Waals surface area contributed by atoms with Crippen molar-refractivity contribution in [1.29, 1.82) is 0 Å². The molecule has 0 unspecified atom stereocenters. The number of carbonyl (C=O) groups is 2. The molecule has 6 heteroatoms. The van der Waals surface area contributed by atoms with Crippen molar-refractivity contribution in [2.45, 2.75) is 0 Å². The number of phenolic OH excluding ortho intramolecular Hbond substituents is 1. The van der Waals surface area contributed by atoms with Gasteiger partial charge in [0.25, 0.3) is 0 Å². The molecule has 114 valence electrons. The number of hydrogen-bond acceptors (Lipinski definition) is 5. The Morgan fingerprint density at radius 1 is 1.09 bits per heavy atom. The smallest absolute Gasteiger partial charge is 0.336 e. The maximum Gasteiger partial charge on any atom is 0.336 e. The SMILES string of the molecule is COc1ccc(-c2cccc(C(=O)O)c2C=O)c(OC)c1O. The van der Waals surface area contributed by atoms with E-state index in [2.05, 4.69) is 0 Å². The van der Waals surface area contributed by atoms with Gasteiger partial charge in [-0.25, -0.2) is 4.79 Å². The Bertz CT molecular complexity index is 736. The Kier molecular flexibility index (Phi) is 4.31. The molecule has 0 spiro atoms. The third kappa shape index (κ3) is 2.46. The molecule has 0 aliphatic rings. The fourth-order valence-electron chi connectivity index (χ4n) is 2.25. The maximum atomic E-state index is 11.3. The molecule has 0 heterocycles. The lowest BCUT2D eigenvalue weighted by molar-refractivity contribution is 0.0694. The fourth-order valence-corrected chi connectivity index (χ4v) is 2.25. The van der Waals surface area contributed by atoms with Gasteiger partial charge in [0.2, 0.25) is 5.75 Å². The number of benzene rings is 2. The highest BCUT2D eigenvalue weighted by atomic mass is 16.5. The summed E-state index contributed by atoms with van der Waals surface area (Å²) in [5.74, 6) is -1.12. The first kappa shape index (κ1) is 15.4. The van der Waals surface area contributed by atoms with Crippen molar-refractivity contribution >= 4 is 12.3 Å². The largest absolute Gasteiger partial charge is 0.502 e. The van der Waals surface area contributed by atoms with Gasteiger partial charge < -0.3 is 19.7 Å². The van der Waals surface area contributed by atoms with Crippen LogP contribution in [-0.4, -0.2) is 36.7 Å². The highest BCUT2D eigenvalue weighted by molar-refractivity contribution is 6.02. The third-order valence-electron chi connectivity index (χ3n) is 3.26. The molecule has 0 amide bonds. The molecule has 0 atom stereocenters. The average Bonchev–Trinajstić information content (AvgIpc) is 2.53. The number of rotatable bonds is 5. The minimum Gasteiger partial charge on any atom is -0.502 e. The lowest BCUT2D eigenvalue weighted by atomic mass is 9.95. The van der Waals surface area contributed by atoms with E-state index >= 15 is 0 Å². The number of methoxy groups -OCH3 is 2. The molecule has 0 fully saturated rings. The zero-order valence-electron chi connectivity index (χ0n) is 12.0. The number of carboxylic acids is 1. The Labute approximate surface area is 126 Å². The average molecular weight is 302 g/mol. The molecule has 2 aromatic carbocycles. The molecule has 0 radical (unpaired) electrons. The van der Waals surface area contributed by atoms with Gasteiger partial charge in [-0.15, -0.1) is 0 Å². The second kappa shape index (κ2) is 6.17. The van der Waals surface area contributed by atoms with E-state index in [1.54, 1.807) is 12.1 Å². The van der Waals surface area contributed by atoms with Crippen LogP contribution >= 0.6 is 0 Å². The summed E-state index contributed by atoms with van der Waals surface area (Å²) in [7, 11) is 2.76. The molecule has 22 heavy (non-hydrogen) atoms. The van der Waals surface area contributed by atoms with E-state index in [4.69, 9.17) is 9.47 Å². The normalized spacial score (nSPS) is 10.1. The van der Waals surface area contributed by atoms with Crippen LogP contribution in [0.1, 0.15) is 20.7 Å². The summed E-state index contributed by atoms with van der Waals surface area (Å²) < 4.78 is 10.2. The number of aromatic carboxylic acids is 1. The van der Waals surface area contributed by atoms with Gasteiger partial charge in [-0.2, -0.15) is 0 Å². The maximum absolute atomic E-state index is 11.3. The molecule has 0 aliphatic carbocycles. The van der Waals surface area contributed by atoms with E-state index in [1.807, 2.05) is 0 Å². The summed E-state index contributed by atoms with van der Waals surface area (Å²) in [6, 6.07) is 7.54. The number of carbonyl (C=O) groups excluding carboxylic acids is 1. The Morgan fingerprint density at radius 3 is 2.36 bits per heavy atom. The Morgan fingerprint density at radius 2 is 1.82 bits per heavy atom. The van der Waals surface area contributed by atoms with E-state index in [0.29, 0.717) is 17.4 Å². The van der Waals surface area contributed by atoms with Gasteiger partial charge in [-0.3, -0.25) is 4.79 Å². The second-order valence-corrected chi connectivity index (χ2v) is 4.39. The lowest BCUT2D eigenvalue weighted by Crippen LogP contribution is -2.04. The second-order valence-electron chi connectivity index (χ2n) is 4.39. The molecule has 0 aliphatic heterocycles. The summed E-state index contributed by atoms with van der Waals surface area (Å²) in [6.07, 6.45) is 0.472. The van der Waals surface area contributed by atoms with Crippen molar-refractivity contribution in [3.05, 3.63) is 41.5 Å². The monoisotopic (exact) mass is 302 g/mol. The molecule has 0 aromatic heterocycles. The number of carboxylic acid groups (broad SMARTS) is 1. The van der Waals surface area contributed by atoms with Gasteiger partial charge in [-0.1, -0.05) is 12.1 Å². The van der Waals surface area contributed by atoms with E-state index in [1.165, 1.54) is 32.4 Å². The van der Waals surface area contributed by atoms with E-state index in [-0.39, 0.29) is 28.4 Å². The number of aromatic hydroxyl groups is 1. The number of ether oxygens (including phenoxy) is 2. The zero-order valence-corrected chi connectivity index (χ0v) is 12.0. The van der Waals surface area contributed by atoms with Crippen LogP contribution in [0.25, 0.3) is 11.1 Å². The minimum atomic E-state index is -1.21. The molecular weight excluding hydrogens is 288 g/mol. The van der Waals surface area contributed by atoms with E-state index < -0.39 is 5.97 Å². The van der Waals surface area contributed by atoms with Crippen LogP contribution in [0.2, 0.25) is 0 Å². The summed E-state index contributed by atoms with van der Waals surface area (Å²) in [5.41, 5.74) is 0.637. The molecule has 0 bridgehead atoms. The molecule has 6 nitrogen and oxygen atoms in total. The topological polar surface area (TPSA) is 93.1 Å². The van der Waals surface area contributed by atoms with Crippen LogP contribution in [0.4, 0.5) is 0 Å². The Hall–Kier alpha value is -3.02. The number of aldehydes is 1. The van der Waals surface area contributed by atoms with Crippen molar-refractivity contribution < 1.29 is 29.3 Å². The van der Waals surface area contributed by atoms with E-state index in [9.17, 15) is 19.8 Å². The molecule has 0 saturated carbocycles. The fraction of sp³-hybridized carbons (Fsp3) is 0.125. The summed E-state index contributed by atoms with van der Waals surface area (Å²) >= 11 is 0. The summed E-state index contributed by atoms with van der Waals surface area (Å²) in [5, 5.41) is 19.3. The zero-order chi connectivity index (χ0) is 16.3. The van der Waals surface area contributed by atoms with Crippen LogP contribution in [0.15, 0.2) is 30.3 Å². The molecule has 2 rings (SSSR count). The molecule has 0 saturated heterocycles. The van der Waals surface area contributed by atoms with Gasteiger partial charge in [0, 0.05) is 11.1 Å². The third-order valence-corrected chi connectivity index (χ3v) is 3.26. The van der Waals surface area contributed by atoms with Crippen LogP contribution in [0.3, 0.4) is 0 Å². The van der Waals surface area contributed by atoms with Crippen LogP contribution in [0, 0.1) is 0 Å². The van der Waals surface area contributed by atoms with Crippen molar-refractivity contribution in [2.24, 2.45) is 0 Å². The van der Waals surface area contributed by atoms with Gasteiger partial charge in [0.1, 0.15) is 0 Å². The van der Waals surface area contributed by atoms with Crippen molar-refractivity contribution in [3.63, 3.8) is 0 Å². The predicted molar refractivity (Wildman–Crippen MR) is 79.0 cm³/mol. The van der Waals surface area contributed by atoms with Crippen LogP contribution < -0.4 is 9.47 Å². The van der Waals surface area contributed by atoms with Crippen molar-refractivity contribution in [1.82, 2.24) is 0 Å². The quantitative estimate of drug-likeness (QED) is 0.825. The predicted octanol–water partition coefficient (Wildman–Crippen LogP) is 2.59. The van der Waals surface area contributed by atoms with Crippen molar-refractivity contribution in [3.8, 4) is 28.4 Å². The first-order valence-corrected chi connectivity index (χ1v) is 6.31. The van der Waals surface area contributed by atoms with Gasteiger partial charge in [-0.05, 0) is 23.8 Å². The number of hydrogen-bond donors (Lipinski definition) is 2. The highest BCUT2D eigenvalue weighted by Crippen LogP contribution is 2.44. The van der Waals surface area contributed by atoms with Gasteiger partial charge in [0.15, 0.2) is 17.8 Å². The van der Waals surface area contributed by atoms with Crippen LogP contribution in [0.5, 0.6) is 17.2 Å². The van der Waals surface area contributed by atoms with Crippen molar-refractivity contribution in [2.75, 3.05) is 14.2 Å². The summed E-state index contributed by atoms with van der Waals surface area (Å²) in [4.78, 5) is 22.6. The highest BCUT2D eigenvalue weighted by Gasteiger charge is 2.20. The first-order valence-electron chi connectivity index (χ1n) is 6.31. The number of phenols is 1. The molecule has 2 aromatic rings. The molecular formula is C16H14O6. The first-order chi connectivity index (χ1) is 10.5. The van der Waals surface area contributed by atoms with Gasteiger partial charge in [0.05, 0.1) is 19.8 Å². The Balaban J connectivity index is 2.77. The van der Waals surface area contributed by atoms with E-state index in [0.717, 1.165) is 0 Å². The standard InChI is InChI=1S/C16H14O6/c1-21-13-7-6-10(15(22-2)14(13)18)9-4-3-5-11(16(19)20)12(9)8-17/h3-8,18H,1-2H3,(H,19,20). The van der Waals surface area contributed by atoms with Crippen LogP contribution in [-0.2, 0) is 0 Å². The lowest BCUT2D eigenvalue weighted by Gasteiger charge is -2.15. The molecule has 2 N–H and O–H groups in total.